The molecule has 0 N–H and O–H groups in total. The highest BCUT2D eigenvalue weighted by Crippen LogP contribution is 2.67. The molecule has 0 spiro atoms. The summed E-state index contributed by atoms with van der Waals surface area (Å²) in [7, 11) is 0. The second kappa shape index (κ2) is 11.5. The standard InChI is InChI=1S/2C21H28O3/c2*1-12(22)16-6-7-17-15-5-4-13-10-14(23)8-9-20(13,2)19(15)18(24)11-21(16,17)3/h2*10,15-17,19H,4-9,11H2,1-3H3/t2*15-,16+,17-,19+,20-,21+/m00/s1. The summed E-state index contributed by atoms with van der Waals surface area (Å²) in [6, 6.07) is 0. The number of Topliss-reactive ketones (excluding diaryl/α,β-unsaturated/α-hetero) is 4. The van der Waals surface area contributed by atoms with E-state index in [1.807, 2.05) is 12.2 Å². The van der Waals surface area contributed by atoms with Crippen LogP contribution in [0.4, 0.5) is 0 Å². The van der Waals surface area contributed by atoms with Crippen molar-refractivity contribution in [1.29, 1.82) is 0 Å². The summed E-state index contributed by atoms with van der Waals surface area (Å²) < 4.78 is 0. The van der Waals surface area contributed by atoms with Crippen molar-refractivity contribution in [3.63, 3.8) is 0 Å². The zero-order valence-electron chi connectivity index (χ0n) is 30.1. The molecule has 8 rings (SSSR count). The molecule has 0 radical (unpaired) electrons. The molecule has 0 saturated heterocycles. The van der Waals surface area contributed by atoms with Crippen molar-refractivity contribution in [3.05, 3.63) is 23.3 Å². The van der Waals surface area contributed by atoms with Crippen molar-refractivity contribution < 1.29 is 28.8 Å². The Morgan fingerprint density at radius 2 is 0.938 bits per heavy atom. The number of ketones is 6. The molecule has 6 heteroatoms. The topological polar surface area (TPSA) is 102 Å². The smallest absolute Gasteiger partial charge is 0.155 e. The van der Waals surface area contributed by atoms with Crippen molar-refractivity contribution in [2.75, 3.05) is 0 Å². The van der Waals surface area contributed by atoms with Gasteiger partial charge in [-0.25, -0.2) is 0 Å². The Morgan fingerprint density at radius 3 is 1.29 bits per heavy atom. The molecule has 8 aliphatic carbocycles. The molecule has 260 valence electrons. The molecule has 12 atom stereocenters. The Morgan fingerprint density at radius 1 is 0.562 bits per heavy atom. The lowest BCUT2D eigenvalue weighted by molar-refractivity contribution is -0.149. The Bertz CT molecular complexity index is 1430. The average Bonchev–Trinajstić information content (AvgIpc) is 3.54. The van der Waals surface area contributed by atoms with Crippen LogP contribution < -0.4 is 0 Å². The van der Waals surface area contributed by atoms with Gasteiger partial charge in [-0.1, -0.05) is 38.8 Å². The van der Waals surface area contributed by atoms with E-state index in [9.17, 15) is 28.8 Å². The minimum Gasteiger partial charge on any atom is -0.300 e. The normalized spacial score (nSPS) is 47.5. The monoisotopic (exact) mass is 656 g/mol. The fraction of sp³-hybridized carbons (Fsp3) is 0.762. The first-order valence-electron chi connectivity index (χ1n) is 19.1. The van der Waals surface area contributed by atoms with Crippen LogP contribution in [0.2, 0.25) is 0 Å². The van der Waals surface area contributed by atoms with E-state index in [2.05, 4.69) is 27.7 Å². The molecule has 0 aromatic rings. The van der Waals surface area contributed by atoms with E-state index in [1.54, 1.807) is 13.8 Å². The van der Waals surface area contributed by atoms with Crippen LogP contribution in [-0.4, -0.2) is 34.7 Å². The number of hydrogen-bond donors (Lipinski definition) is 0. The third kappa shape index (κ3) is 4.83. The molecule has 6 nitrogen and oxygen atoms in total. The molecular weight excluding hydrogens is 600 g/mol. The summed E-state index contributed by atoms with van der Waals surface area (Å²) in [6.45, 7) is 12.2. The van der Waals surface area contributed by atoms with E-state index in [4.69, 9.17) is 0 Å². The SMILES string of the molecule is CC(=O)[C@H]1CC[C@H]2[C@@H]3CCC4=CC(=O)CC[C@]4(C)[C@H]3C(=O)C[C@]12C.CC(=O)[C@H]1CC[C@H]2[C@@H]3CCC4=CC(=O)CC[C@]4(C)[C@H]3C(=O)C[C@]12C. The van der Waals surface area contributed by atoms with E-state index in [1.165, 1.54) is 11.1 Å². The van der Waals surface area contributed by atoms with Crippen LogP contribution in [0, 0.1) is 69.0 Å². The van der Waals surface area contributed by atoms with Crippen LogP contribution in [0.5, 0.6) is 0 Å². The highest BCUT2D eigenvalue weighted by Gasteiger charge is 2.64. The summed E-state index contributed by atoms with van der Waals surface area (Å²) in [5.41, 5.74) is 1.93. The first-order chi connectivity index (χ1) is 22.5. The van der Waals surface area contributed by atoms with E-state index in [0.717, 1.165) is 64.2 Å². The van der Waals surface area contributed by atoms with Crippen LogP contribution in [0.25, 0.3) is 0 Å². The Balaban J connectivity index is 0.000000152. The first-order valence-corrected chi connectivity index (χ1v) is 19.1. The maximum Gasteiger partial charge on any atom is 0.155 e. The zero-order valence-corrected chi connectivity index (χ0v) is 30.1. The number of carbonyl (C=O) groups excluding carboxylic acids is 6. The summed E-state index contributed by atoms with van der Waals surface area (Å²) in [6.07, 6.45) is 15.6. The van der Waals surface area contributed by atoms with E-state index in [0.29, 0.717) is 60.9 Å². The Labute approximate surface area is 286 Å². The molecule has 0 bridgehead atoms. The molecule has 0 aliphatic heterocycles. The van der Waals surface area contributed by atoms with Gasteiger partial charge < -0.3 is 0 Å². The number of fused-ring (bicyclic) bond motifs is 10. The number of rotatable bonds is 2. The molecule has 0 unspecified atom stereocenters. The van der Waals surface area contributed by atoms with Gasteiger partial charge in [-0.3, -0.25) is 28.8 Å². The van der Waals surface area contributed by atoms with Crippen LogP contribution in [0.1, 0.15) is 131 Å². The molecule has 0 amide bonds. The highest BCUT2D eigenvalue weighted by molar-refractivity contribution is 5.94. The maximum absolute atomic E-state index is 13.3. The lowest BCUT2D eigenvalue weighted by Gasteiger charge is -2.56. The van der Waals surface area contributed by atoms with Gasteiger partial charge in [0.15, 0.2) is 11.6 Å². The zero-order chi connectivity index (χ0) is 34.6. The third-order valence-electron chi connectivity index (χ3n) is 16.3. The molecule has 0 heterocycles. The van der Waals surface area contributed by atoms with E-state index < -0.39 is 0 Å². The summed E-state index contributed by atoms with van der Waals surface area (Å²) in [5, 5.41) is 0. The summed E-state index contributed by atoms with van der Waals surface area (Å²) in [4.78, 5) is 74.5. The Kier molecular flexibility index (Phi) is 8.15. The lowest BCUT2D eigenvalue weighted by Crippen LogP contribution is -2.55. The minimum atomic E-state index is -0.133. The van der Waals surface area contributed by atoms with Gasteiger partial charge in [0.05, 0.1) is 0 Å². The third-order valence-corrected chi connectivity index (χ3v) is 16.3. The quantitative estimate of drug-likeness (QED) is 0.301. The van der Waals surface area contributed by atoms with Crippen molar-refractivity contribution in [3.8, 4) is 0 Å². The molecule has 0 aromatic carbocycles. The van der Waals surface area contributed by atoms with Crippen LogP contribution in [-0.2, 0) is 28.8 Å². The van der Waals surface area contributed by atoms with Gasteiger partial charge in [-0.05, 0) is 136 Å². The van der Waals surface area contributed by atoms with E-state index in [-0.39, 0.29) is 68.5 Å². The molecule has 48 heavy (non-hydrogen) atoms. The molecule has 6 fully saturated rings. The highest BCUT2D eigenvalue weighted by atomic mass is 16.1. The molecule has 0 aromatic heterocycles. The fourth-order valence-electron chi connectivity index (χ4n) is 14.1. The van der Waals surface area contributed by atoms with Gasteiger partial charge in [0, 0.05) is 49.4 Å². The maximum atomic E-state index is 13.3. The lowest BCUT2D eigenvalue weighted by atomic mass is 9.46. The second-order valence-corrected chi connectivity index (χ2v) is 18.5. The number of carbonyl (C=O) groups is 6. The van der Waals surface area contributed by atoms with Gasteiger partial charge in [0.1, 0.15) is 23.1 Å². The predicted molar refractivity (Wildman–Crippen MR) is 183 cm³/mol. The predicted octanol–water partition coefficient (Wildman–Crippen LogP) is 7.81. The van der Waals surface area contributed by atoms with Gasteiger partial charge in [0.2, 0.25) is 0 Å². The van der Waals surface area contributed by atoms with Crippen LogP contribution >= 0.6 is 0 Å². The second-order valence-electron chi connectivity index (χ2n) is 18.5. The number of allylic oxidation sites excluding steroid dienone is 2. The van der Waals surface area contributed by atoms with Crippen molar-refractivity contribution in [2.24, 2.45) is 69.0 Å². The summed E-state index contributed by atoms with van der Waals surface area (Å²) in [5.74, 6) is 3.72. The van der Waals surface area contributed by atoms with Crippen molar-refractivity contribution >= 4 is 34.7 Å². The largest absolute Gasteiger partial charge is 0.300 e. The van der Waals surface area contributed by atoms with E-state index >= 15 is 0 Å². The molecular formula is C42H56O6. The van der Waals surface area contributed by atoms with Crippen molar-refractivity contribution in [1.82, 2.24) is 0 Å². The van der Waals surface area contributed by atoms with Crippen LogP contribution in [0.3, 0.4) is 0 Å². The van der Waals surface area contributed by atoms with Gasteiger partial charge in [-0.2, -0.15) is 0 Å². The van der Waals surface area contributed by atoms with Gasteiger partial charge >= 0.3 is 0 Å². The first kappa shape index (κ1) is 34.0. The average molecular weight is 657 g/mol. The van der Waals surface area contributed by atoms with Crippen LogP contribution in [0.15, 0.2) is 23.3 Å². The Hall–Kier alpha value is -2.50. The minimum absolute atomic E-state index is 0.0603. The number of hydrogen-bond acceptors (Lipinski definition) is 6. The fourth-order valence-corrected chi connectivity index (χ4v) is 14.1. The molecule has 8 aliphatic rings. The van der Waals surface area contributed by atoms with Gasteiger partial charge in [-0.15, -0.1) is 0 Å². The molecule has 6 saturated carbocycles. The van der Waals surface area contributed by atoms with Crippen molar-refractivity contribution in [2.45, 2.75) is 131 Å². The summed E-state index contributed by atoms with van der Waals surface area (Å²) >= 11 is 0. The van der Waals surface area contributed by atoms with Gasteiger partial charge in [0.25, 0.3) is 0 Å².